The van der Waals surface area contributed by atoms with Crippen molar-refractivity contribution in [3.05, 3.63) is 65.3 Å². The van der Waals surface area contributed by atoms with Gasteiger partial charge in [0.2, 0.25) is 5.82 Å². The monoisotopic (exact) mass is 362 g/mol. The van der Waals surface area contributed by atoms with Crippen molar-refractivity contribution in [2.45, 2.75) is 6.61 Å². The van der Waals surface area contributed by atoms with Crippen LogP contribution in [-0.4, -0.2) is 22.7 Å². The normalized spacial score (nSPS) is 10.5. The van der Waals surface area contributed by atoms with Crippen LogP contribution in [0, 0.1) is 5.82 Å². The van der Waals surface area contributed by atoms with E-state index in [0.717, 1.165) is 5.56 Å². The maximum Gasteiger partial charge on any atom is 0.344 e. The summed E-state index contributed by atoms with van der Waals surface area (Å²) in [6.45, 7) is -0.490. The smallest absolute Gasteiger partial charge is 0.344 e. The first-order chi connectivity index (χ1) is 12.1. The molecule has 0 amide bonds. The summed E-state index contributed by atoms with van der Waals surface area (Å²) in [7, 11) is 0. The average Bonchev–Trinajstić information content (AvgIpc) is 3.09. The zero-order valence-corrected chi connectivity index (χ0v) is 13.6. The lowest BCUT2D eigenvalue weighted by molar-refractivity contribution is -0.148. The fourth-order valence-corrected chi connectivity index (χ4v) is 2.01. The van der Waals surface area contributed by atoms with Gasteiger partial charge in [-0.25, -0.2) is 9.18 Å². The third-order valence-corrected chi connectivity index (χ3v) is 3.35. The minimum absolute atomic E-state index is 0.153. The number of carbonyl (C=O) groups is 1. The predicted octanol–water partition coefficient (Wildman–Crippen LogP) is 3.65. The van der Waals surface area contributed by atoms with Gasteiger partial charge in [-0.3, -0.25) is 0 Å². The summed E-state index contributed by atoms with van der Waals surface area (Å²) < 4.78 is 27.9. The molecule has 0 unspecified atom stereocenters. The number of halogens is 2. The highest BCUT2D eigenvalue weighted by Crippen LogP contribution is 2.18. The van der Waals surface area contributed by atoms with Crippen LogP contribution in [0.2, 0.25) is 5.02 Å². The zero-order valence-electron chi connectivity index (χ0n) is 12.8. The van der Waals surface area contributed by atoms with Crippen molar-refractivity contribution in [3.8, 4) is 17.1 Å². The molecule has 0 saturated heterocycles. The molecule has 0 radical (unpaired) electrons. The van der Waals surface area contributed by atoms with Gasteiger partial charge in [0.1, 0.15) is 11.6 Å². The Balaban J connectivity index is 1.49. The zero-order chi connectivity index (χ0) is 17.6. The van der Waals surface area contributed by atoms with Crippen LogP contribution in [0.25, 0.3) is 11.4 Å². The SMILES string of the molecule is O=C(COc1ccc(F)cc1)OCc1nc(-c2ccc(Cl)cc2)no1. The van der Waals surface area contributed by atoms with Crippen molar-refractivity contribution in [2.75, 3.05) is 6.61 Å². The van der Waals surface area contributed by atoms with Crippen LogP contribution in [0.5, 0.6) is 5.75 Å². The summed E-state index contributed by atoms with van der Waals surface area (Å²) in [6, 6.07) is 12.2. The second-order valence-electron chi connectivity index (χ2n) is 4.92. The molecule has 6 nitrogen and oxygen atoms in total. The van der Waals surface area contributed by atoms with E-state index in [1.54, 1.807) is 24.3 Å². The molecule has 0 fully saturated rings. The molecule has 0 N–H and O–H groups in total. The van der Waals surface area contributed by atoms with Gasteiger partial charge in [-0.1, -0.05) is 16.8 Å². The second-order valence-corrected chi connectivity index (χ2v) is 5.36. The summed E-state index contributed by atoms with van der Waals surface area (Å²) >= 11 is 5.82. The number of benzene rings is 2. The molecule has 0 spiro atoms. The van der Waals surface area contributed by atoms with Gasteiger partial charge in [-0.05, 0) is 48.5 Å². The van der Waals surface area contributed by atoms with Crippen molar-refractivity contribution in [2.24, 2.45) is 0 Å². The molecule has 2 aromatic carbocycles. The number of rotatable bonds is 6. The Kier molecular flexibility index (Phi) is 5.25. The molecular weight excluding hydrogens is 351 g/mol. The minimum Gasteiger partial charge on any atom is -0.482 e. The van der Waals surface area contributed by atoms with Crippen molar-refractivity contribution in [1.82, 2.24) is 10.1 Å². The Bertz CT molecular complexity index is 850. The van der Waals surface area contributed by atoms with E-state index in [9.17, 15) is 9.18 Å². The molecule has 25 heavy (non-hydrogen) atoms. The summed E-state index contributed by atoms with van der Waals surface area (Å²) in [5.41, 5.74) is 0.727. The molecule has 0 atom stereocenters. The van der Waals surface area contributed by atoms with Crippen LogP contribution in [0.15, 0.2) is 53.1 Å². The van der Waals surface area contributed by atoms with Gasteiger partial charge in [0, 0.05) is 10.6 Å². The molecule has 1 heterocycles. The highest BCUT2D eigenvalue weighted by molar-refractivity contribution is 6.30. The van der Waals surface area contributed by atoms with E-state index in [-0.39, 0.29) is 24.9 Å². The van der Waals surface area contributed by atoms with Crippen LogP contribution in [0.4, 0.5) is 4.39 Å². The predicted molar refractivity (Wildman–Crippen MR) is 86.4 cm³/mol. The van der Waals surface area contributed by atoms with E-state index < -0.39 is 5.97 Å². The Hall–Kier alpha value is -2.93. The minimum atomic E-state index is -0.615. The van der Waals surface area contributed by atoms with Gasteiger partial charge >= 0.3 is 5.97 Å². The molecule has 3 rings (SSSR count). The molecule has 0 aliphatic carbocycles. The highest BCUT2D eigenvalue weighted by atomic mass is 35.5. The first-order valence-corrected chi connectivity index (χ1v) is 7.60. The fraction of sp³-hybridized carbons (Fsp3) is 0.118. The molecule has 8 heteroatoms. The average molecular weight is 363 g/mol. The summed E-state index contributed by atoms with van der Waals surface area (Å²) in [4.78, 5) is 15.8. The van der Waals surface area contributed by atoms with Crippen molar-refractivity contribution in [1.29, 1.82) is 0 Å². The topological polar surface area (TPSA) is 74.5 Å². The van der Waals surface area contributed by atoms with Gasteiger partial charge in [0.25, 0.3) is 5.89 Å². The van der Waals surface area contributed by atoms with Crippen LogP contribution >= 0.6 is 11.6 Å². The number of nitrogens with zero attached hydrogens (tertiary/aromatic N) is 2. The van der Waals surface area contributed by atoms with Gasteiger partial charge in [0.15, 0.2) is 13.2 Å². The number of aromatic nitrogens is 2. The maximum atomic E-state index is 12.8. The van der Waals surface area contributed by atoms with Crippen LogP contribution < -0.4 is 4.74 Å². The third-order valence-electron chi connectivity index (χ3n) is 3.10. The number of hydrogen-bond donors (Lipinski definition) is 0. The number of hydrogen-bond acceptors (Lipinski definition) is 6. The molecular formula is C17H12ClFN2O4. The van der Waals surface area contributed by atoms with E-state index in [0.29, 0.717) is 16.6 Å². The Morgan fingerprint density at radius 3 is 2.56 bits per heavy atom. The number of carbonyl (C=O) groups excluding carboxylic acids is 1. The molecule has 0 aliphatic rings. The highest BCUT2D eigenvalue weighted by Gasteiger charge is 2.11. The summed E-state index contributed by atoms with van der Waals surface area (Å²) in [5, 5.41) is 4.41. The fourth-order valence-electron chi connectivity index (χ4n) is 1.89. The Labute approximate surface area is 147 Å². The lowest BCUT2D eigenvalue weighted by Gasteiger charge is -2.05. The Morgan fingerprint density at radius 2 is 1.84 bits per heavy atom. The summed E-state index contributed by atoms with van der Waals surface area (Å²) in [6.07, 6.45) is 0. The van der Waals surface area contributed by atoms with Crippen LogP contribution in [0.1, 0.15) is 5.89 Å². The Morgan fingerprint density at radius 1 is 1.12 bits per heavy atom. The molecule has 1 aromatic heterocycles. The van der Waals surface area contributed by atoms with E-state index in [1.165, 1.54) is 24.3 Å². The van der Waals surface area contributed by atoms with E-state index in [2.05, 4.69) is 10.1 Å². The maximum absolute atomic E-state index is 12.8. The molecule has 128 valence electrons. The van der Waals surface area contributed by atoms with Gasteiger partial charge in [-0.15, -0.1) is 0 Å². The first-order valence-electron chi connectivity index (χ1n) is 7.23. The van der Waals surface area contributed by atoms with Gasteiger partial charge in [-0.2, -0.15) is 4.98 Å². The van der Waals surface area contributed by atoms with Gasteiger partial charge < -0.3 is 14.0 Å². The van der Waals surface area contributed by atoms with E-state index in [4.69, 9.17) is 25.6 Å². The standard InChI is InChI=1S/C17H12ClFN2O4/c18-12-3-1-11(2-4-12)17-20-15(25-21-17)9-24-16(22)10-23-14-7-5-13(19)6-8-14/h1-8H,9-10H2. The molecule has 0 bridgehead atoms. The number of esters is 1. The van der Waals surface area contributed by atoms with Crippen LogP contribution in [-0.2, 0) is 16.1 Å². The summed E-state index contributed by atoms with van der Waals surface area (Å²) in [5.74, 6) is -0.120. The molecule has 0 aliphatic heterocycles. The first kappa shape index (κ1) is 16.9. The largest absolute Gasteiger partial charge is 0.482 e. The molecule has 3 aromatic rings. The van der Waals surface area contributed by atoms with E-state index in [1.807, 2.05) is 0 Å². The molecule has 0 saturated carbocycles. The van der Waals surface area contributed by atoms with Crippen LogP contribution in [0.3, 0.4) is 0 Å². The van der Waals surface area contributed by atoms with Crippen molar-refractivity contribution >= 4 is 17.6 Å². The lowest BCUT2D eigenvalue weighted by atomic mass is 10.2. The second kappa shape index (κ2) is 7.76. The van der Waals surface area contributed by atoms with Crippen molar-refractivity contribution < 1.29 is 23.2 Å². The van der Waals surface area contributed by atoms with Crippen molar-refractivity contribution in [3.63, 3.8) is 0 Å². The third kappa shape index (κ3) is 4.77. The lowest BCUT2D eigenvalue weighted by Crippen LogP contribution is -2.14. The van der Waals surface area contributed by atoms with Gasteiger partial charge in [0.05, 0.1) is 0 Å². The van der Waals surface area contributed by atoms with E-state index >= 15 is 0 Å². The quantitative estimate of drug-likeness (QED) is 0.623. The number of ether oxygens (including phenoxy) is 2.